The fraction of sp³-hybridized carbons (Fsp3) is 0.615. The van der Waals surface area contributed by atoms with Crippen molar-refractivity contribution in [2.24, 2.45) is 4.99 Å². The summed E-state index contributed by atoms with van der Waals surface area (Å²) in [5.74, 6) is 0. The van der Waals surface area contributed by atoms with Gasteiger partial charge in [-0.05, 0) is 37.3 Å². The third-order valence-electron chi connectivity index (χ3n) is 3.65. The highest BCUT2D eigenvalue weighted by Crippen LogP contribution is 2.34. The maximum Gasteiger partial charge on any atom is 0.0725 e. The molecule has 0 spiro atoms. The Labute approximate surface area is 103 Å². The van der Waals surface area contributed by atoms with Gasteiger partial charge >= 0.3 is 0 Å². The summed E-state index contributed by atoms with van der Waals surface area (Å²) in [4.78, 5) is 6.64. The Kier molecular flexibility index (Phi) is 3.92. The molecule has 0 atom stereocenters. The molecule has 0 saturated heterocycles. The Balaban J connectivity index is 2.14. The van der Waals surface area contributed by atoms with Crippen molar-refractivity contribution in [1.29, 1.82) is 0 Å². The van der Waals surface area contributed by atoms with Crippen molar-refractivity contribution < 1.29 is 0 Å². The maximum absolute atomic E-state index is 4.70. The van der Waals surface area contributed by atoms with Crippen molar-refractivity contribution in [1.82, 2.24) is 4.90 Å². The van der Waals surface area contributed by atoms with Gasteiger partial charge in [0.2, 0.25) is 0 Å². The minimum absolute atomic E-state index is 0.200. The average molecular weight is 234 g/mol. The van der Waals surface area contributed by atoms with Gasteiger partial charge in [0.1, 0.15) is 0 Å². The van der Waals surface area contributed by atoms with E-state index in [1.165, 1.54) is 32.1 Å². The molecule has 0 unspecified atom stereocenters. The second kappa shape index (κ2) is 5.42. The van der Waals surface area contributed by atoms with Gasteiger partial charge in [0, 0.05) is 6.54 Å². The van der Waals surface area contributed by atoms with E-state index in [-0.39, 0.29) is 5.54 Å². The second-order valence-corrected chi connectivity index (χ2v) is 4.80. The van der Waals surface area contributed by atoms with Gasteiger partial charge in [-0.1, -0.05) is 31.4 Å². The van der Waals surface area contributed by atoms with Crippen LogP contribution in [0.1, 0.15) is 32.1 Å². The summed E-state index contributed by atoms with van der Waals surface area (Å²) in [5.41, 5.74) is 0.200. The van der Waals surface area contributed by atoms with E-state index in [1.807, 2.05) is 0 Å². The summed E-state index contributed by atoms with van der Waals surface area (Å²) in [6.07, 6.45) is 15.0. The molecule has 16 heavy (non-hydrogen) atoms. The van der Waals surface area contributed by atoms with E-state index in [1.54, 1.807) is 0 Å². The van der Waals surface area contributed by atoms with Crippen molar-refractivity contribution in [3.05, 3.63) is 24.4 Å². The van der Waals surface area contributed by atoms with Crippen LogP contribution in [0.4, 0.5) is 0 Å². The van der Waals surface area contributed by atoms with Crippen molar-refractivity contribution in [3.8, 4) is 0 Å². The van der Waals surface area contributed by atoms with Crippen LogP contribution in [0.15, 0.2) is 29.4 Å². The van der Waals surface area contributed by atoms with E-state index in [4.69, 9.17) is 12.2 Å². The summed E-state index contributed by atoms with van der Waals surface area (Å²) in [6, 6.07) is 0. The van der Waals surface area contributed by atoms with Crippen LogP contribution >= 0.6 is 12.2 Å². The quantitative estimate of drug-likeness (QED) is 0.550. The SMILES string of the molecule is S=C=NCC1(N2C=CC=CC2)CCCCC1. The molecule has 0 aromatic heterocycles. The number of hydrogen-bond donors (Lipinski definition) is 0. The maximum atomic E-state index is 4.70. The van der Waals surface area contributed by atoms with E-state index in [0.717, 1.165) is 13.1 Å². The van der Waals surface area contributed by atoms with E-state index in [0.29, 0.717) is 0 Å². The van der Waals surface area contributed by atoms with Crippen LogP contribution in [0, 0.1) is 0 Å². The minimum Gasteiger partial charge on any atom is -0.366 e. The third-order valence-corrected chi connectivity index (χ3v) is 3.78. The average Bonchev–Trinajstić information content (AvgIpc) is 2.38. The Morgan fingerprint density at radius 2 is 2.06 bits per heavy atom. The van der Waals surface area contributed by atoms with Gasteiger partial charge in [0.05, 0.1) is 17.2 Å². The second-order valence-electron chi connectivity index (χ2n) is 4.61. The Bertz CT molecular complexity index is 334. The number of isothiocyanates is 1. The number of aliphatic imine (C=N–C) groups is 1. The van der Waals surface area contributed by atoms with E-state index in [9.17, 15) is 0 Å². The van der Waals surface area contributed by atoms with Crippen molar-refractivity contribution in [2.75, 3.05) is 13.1 Å². The number of rotatable bonds is 3. The molecule has 2 rings (SSSR count). The smallest absolute Gasteiger partial charge is 0.0725 e. The fourth-order valence-electron chi connectivity index (χ4n) is 2.74. The summed E-state index contributed by atoms with van der Waals surface area (Å²) in [7, 11) is 0. The lowest BCUT2D eigenvalue weighted by atomic mass is 9.80. The minimum atomic E-state index is 0.200. The Hall–Kier alpha value is -0.920. The first-order valence-corrected chi connectivity index (χ1v) is 6.42. The van der Waals surface area contributed by atoms with Crippen LogP contribution in [0.5, 0.6) is 0 Å². The molecule has 1 saturated carbocycles. The normalized spacial score (nSPS) is 22.9. The Morgan fingerprint density at radius 1 is 1.25 bits per heavy atom. The molecule has 1 heterocycles. The molecule has 1 aliphatic heterocycles. The van der Waals surface area contributed by atoms with Crippen LogP contribution in [0.3, 0.4) is 0 Å². The van der Waals surface area contributed by atoms with Gasteiger partial charge in [-0.3, -0.25) is 0 Å². The van der Waals surface area contributed by atoms with Crippen LogP contribution < -0.4 is 0 Å². The van der Waals surface area contributed by atoms with Gasteiger partial charge in [-0.25, -0.2) is 4.99 Å². The first-order valence-electron chi connectivity index (χ1n) is 6.01. The molecule has 0 aromatic carbocycles. The van der Waals surface area contributed by atoms with Crippen molar-refractivity contribution >= 4 is 17.4 Å². The predicted molar refractivity (Wildman–Crippen MR) is 70.7 cm³/mol. The number of nitrogens with zero attached hydrogens (tertiary/aromatic N) is 2. The molecule has 0 aromatic rings. The molecule has 0 amide bonds. The largest absolute Gasteiger partial charge is 0.366 e. The molecule has 1 aliphatic carbocycles. The monoisotopic (exact) mass is 234 g/mol. The first-order chi connectivity index (χ1) is 7.87. The van der Waals surface area contributed by atoms with E-state index in [2.05, 4.69) is 39.5 Å². The van der Waals surface area contributed by atoms with Crippen LogP contribution in [0.2, 0.25) is 0 Å². The molecule has 1 fully saturated rings. The van der Waals surface area contributed by atoms with Gasteiger partial charge in [0.25, 0.3) is 0 Å². The van der Waals surface area contributed by atoms with Gasteiger partial charge in [-0.15, -0.1) is 0 Å². The molecule has 86 valence electrons. The predicted octanol–water partition coefficient (Wildman–Crippen LogP) is 3.18. The highest BCUT2D eigenvalue weighted by molar-refractivity contribution is 7.78. The lowest BCUT2D eigenvalue weighted by molar-refractivity contribution is 0.114. The lowest BCUT2D eigenvalue weighted by Gasteiger charge is -2.45. The molecular weight excluding hydrogens is 216 g/mol. The van der Waals surface area contributed by atoms with Gasteiger partial charge in [0.15, 0.2) is 0 Å². The summed E-state index contributed by atoms with van der Waals surface area (Å²) >= 11 is 4.70. The van der Waals surface area contributed by atoms with Crippen molar-refractivity contribution in [2.45, 2.75) is 37.6 Å². The van der Waals surface area contributed by atoms with Crippen LogP contribution in [-0.4, -0.2) is 28.7 Å². The number of hydrogen-bond acceptors (Lipinski definition) is 3. The van der Waals surface area contributed by atoms with E-state index >= 15 is 0 Å². The summed E-state index contributed by atoms with van der Waals surface area (Å²) in [5, 5.41) is 2.52. The van der Waals surface area contributed by atoms with E-state index < -0.39 is 0 Å². The highest BCUT2D eigenvalue weighted by atomic mass is 32.1. The zero-order valence-corrected chi connectivity index (χ0v) is 10.4. The topological polar surface area (TPSA) is 15.6 Å². The highest BCUT2D eigenvalue weighted by Gasteiger charge is 2.36. The zero-order valence-electron chi connectivity index (χ0n) is 9.56. The fourth-order valence-corrected chi connectivity index (χ4v) is 2.81. The molecule has 0 radical (unpaired) electrons. The molecule has 0 N–H and O–H groups in total. The molecule has 2 aliphatic rings. The van der Waals surface area contributed by atoms with Gasteiger partial charge in [-0.2, -0.15) is 0 Å². The number of allylic oxidation sites excluding steroid dienone is 2. The molecule has 0 bridgehead atoms. The summed E-state index contributed by atoms with van der Waals surface area (Å²) in [6.45, 7) is 1.80. The number of thiocarbonyl (C=S) groups is 1. The molecule has 3 heteroatoms. The van der Waals surface area contributed by atoms with Crippen molar-refractivity contribution in [3.63, 3.8) is 0 Å². The van der Waals surface area contributed by atoms with Gasteiger partial charge < -0.3 is 4.90 Å². The molecule has 2 nitrogen and oxygen atoms in total. The zero-order chi connectivity index (χ0) is 11.3. The molecular formula is C13H18N2S. The summed E-state index contributed by atoms with van der Waals surface area (Å²) < 4.78 is 0. The van der Waals surface area contributed by atoms with Crippen LogP contribution in [0.25, 0.3) is 0 Å². The first kappa shape index (κ1) is 11.6. The lowest BCUT2D eigenvalue weighted by Crippen LogP contribution is -2.50. The Morgan fingerprint density at radius 3 is 2.69 bits per heavy atom. The third kappa shape index (κ3) is 2.42. The van der Waals surface area contributed by atoms with Crippen LogP contribution in [-0.2, 0) is 0 Å². The standard InChI is InChI=1S/C13H18N2S/c16-12-14-11-13(7-3-1-4-8-13)15-9-5-2-6-10-15/h2,5-6,9H,1,3-4,7-8,10-11H2.